The minimum atomic E-state index is -2.72. The van der Waals surface area contributed by atoms with Crippen molar-refractivity contribution in [3.05, 3.63) is 70.0 Å². The van der Waals surface area contributed by atoms with Crippen molar-refractivity contribution in [2.45, 2.75) is 37.3 Å². The Labute approximate surface area is 246 Å². The van der Waals surface area contributed by atoms with E-state index in [0.717, 1.165) is 5.56 Å². The maximum atomic E-state index is 14.1. The van der Waals surface area contributed by atoms with E-state index in [1.54, 1.807) is 20.2 Å². The zero-order chi connectivity index (χ0) is 30.7. The molecule has 2 aromatic carbocycles. The number of carbonyl (C=O) groups is 4. The summed E-state index contributed by atoms with van der Waals surface area (Å²) in [6.07, 6.45) is 0.313. The molecule has 2 aromatic rings. The minimum Gasteiger partial charge on any atom is -0.508 e. The third-order valence-electron chi connectivity index (χ3n) is 8.71. The molecule has 0 spiro atoms. The summed E-state index contributed by atoms with van der Waals surface area (Å²) >= 11 is 5.67. The Morgan fingerprint density at radius 3 is 2.38 bits per heavy atom. The number of phenolic OH excluding ortho intramolecular Hbond substituents is 1. The second-order valence-corrected chi connectivity index (χ2v) is 11.6. The van der Waals surface area contributed by atoms with E-state index < -0.39 is 58.0 Å². The Morgan fingerprint density at radius 1 is 1.12 bits per heavy atom. The second kappa shape index (κ2) is 10.7. The van der Waals surface area contributed by atoms with Crippen LogP contribution >= 0.6 is 11.6 Å². The fourth-order valence-corrected chi connectivity index (χ4v) is 6.91. The summed E-state index contributed by atoms with van der Waals surface area (Å²) in [5.74, 6) is -7.49. The molecular formula is C31H31ClN2O8. The zero-order valence-corrected chi connectivity index (χ0v) is 23.8. The van der Waals surface area contributed by atoms with Gasteiger partial charge in [0.2, 0.25) is 5.78 Å². The number of aromatic hydroxyl groups is 1. The molecular weight excluding hydrogens is 564 g/mol. The van der Waals surface area contributed by atoms with Gasteiger partial charge in [0.25, 0.3) is 5.91 Å². The highest BCUT2D eigenvalue weighted by atomic mass is 35.5. The summed E-state index contributed by atoms with van der Waals surface area (Å²) in [7, 11) is 3.10. The number of phenols is 1. The smallest absolute Gasteiger partial charge is 0.255 e. The topological polar surface area (TPSA) is 178 Å². The highest BCUT2D eigenvalue weighted by Crippen LogP contribution is 2.54. The molecule has 42 heavy (non-hydrogen) atoms. The van der Waals surface area contributed by atoms with E-state index in [-0.39, 0.29) is 54.2 Å². The number of aliphatic hydroxyl groups is 3. The van der Waals surface area contributed by atoms with E-state index >= 15 is 0 Å². The maximum absolute atomic E-state index is 14.1. The Bertz CT molecular complexity index is 1600. The summed E-state index contributed by atoms with van der Waals surface area (Å²) in [5, 5.41) is 45.9. The lowest BCUT2D eigenvalue weighted by molar-refractivity contribution is -0.153. The summed E-state index contributed by atoms with van der Waals surface area (Å²) in [6.45, 7) is 0. The van der Waals surface area contributed by atoms with Crippen LogP contribution < -0.4 is 5.73 Å². The lowest BCUT2D eigenvalue weighted by Crippen LogP contribution is -2.65. The monoisotopic (exact) mass is 594 g/mol. The lowest BCUT2D eigenvalue weighted by atomic mass is 9.57. The van der Waals surface area contributed by atoms with Crippen LogP contribution in [-0.2, 0) is 32.0 Å². The number of fused-ring (bicyclic) bond motifs is 3. The highest BCUT2D eigenvalue weighted by molar-refractivity contribution is 6.27. The number of likely N-dealkylation sites (N-methyl/N-ethyl adjacent to an activating group) is 1. The number of Topliss-reactive ketones (excluding diaryl/α,β-unsaturated/α-hetero) is 3. The predicted molar refractivity (Wildman–Crippen MR) is 154 cm³/mol. The lowest BCUT2D eigenvalue weighted by Gasteiger charge is -2.50. The Balaban J connectivity index is 1.75. The van der Waals surface area contributed by atoms with Crippen LogP contribution in [0.2, 0.25) is 0 Å². The van der Waals surface area contributed by atoms with Crippen LogP contribution in [0.4, 0.5) is 0 Å². The van der Waals surface area contributed by atoms with Crippen molar-refractivity contribution in [2.24, 2.45) is 17.6 Å². The molecule has 0 radical (unpaired) electrons. The molecule has 0 aromatic heterocycles. The average molecular weight is 595 g/mol. The SMILES string of the molecule is CN(C)[C@@H]1C(=O)C(C(N)=O)=C(O)[C@@]2(O)C(=O)C3=C(O)c4c(O)c(CCC(=O)CCl)cc(-c5ccccc5)c4C[C@@H]3C[C@@H]12. The number of aryl methyl sites for hydroxylation is 1. The van der Waals surface area contributed by atoms with Gasteiger partial charge in [-0.3, -0.25) is 24.1 Å². The molecule has 10 nitrogen and oxygen atoms in total. The third kappa shape index (κ3) is 4.33. The first-order valence-corrected chi connectivity index (χ1v) is 14.0. The fourth-order valence-electron chi connectivity index (χ4n) is 6.77. The quantitative estimate of drug-likeness (QED) is 0.238. The predicted octanol–water partition coefficient (Wildman–Crippen LogP) is 2.37. The molecule has 0 unspecified atom stereocenters. The first-order valence-electron chi connectivity index (χ1n) is 13.5. The van der Waals surface area contributed by atoms with Crippen molar-refractivity contribution in [3.63, 3.8) is 0 Å². The van der Waals surface area contributed by atoms with Gasteiger partial charge < -0.3 is 26.2 Å². The number of ketones is 3. The molecule has 0 heterocycles. The van der Waals surface area contributed by atoms with E-state index in [1.165, 1.54) is 4.90 Å². The van der Waals surface area contributed by atoms with E-state index in [2.05, 4.69) is 0 Å². The molecule has 1 fully saturated rings. The molecule has 1 amide bonds. The minimum absolute atomic E-state index is 0.00721. The number of alkyl halides is 1. The van der Waals surface area contributed by atoms with Crippen molar-refractivity contribution in [3.8, 4) is 16.9 Å². The Morgan fingerprint density at radius 2 is 1.79 bits per heavy atom. The van der Waals surface area contributed by atoms with Gasteiger partial charge >= 0.3 is 0 Å². The van der Waals surface area contributed by atoms with Gasteiger partial charge in [-0.1, -0.05) is 30.3 Å². The number of primary amides is 1. The van der Waals surface area contributed by atoms with E-state index in [0.29, 0.717) is 16.7 Å². The van der Waals surface area contributed by atoms with Crippen molar-refractivity contribution in [2.75, 3.05) is 20.0 Å². The summed E-state index contributed by atoms with van der Waals surface area (Å²) in [5.41, 5.74) is 3.92. The van der Waals surface area contributed by atoms with Gasteiger partial charge in [-0.15, -0.1) is 11.6 Å². The van der Waals surface area contributed by atoms with Gasteiger partial charge in [-0.05, 0) is 67.6 Å². The Hall–Kier alpha value is -3.99. The molecule has 3 aliphatic carbocycles. The molecule has 220 valence electrons. The number of amides is 1. The molecule has 6 N–H and O–H groups in total. The van der Waals surface area contributed by atoms with E-state index in [4.69, 9.17) is 17.3 Å². The summed E-state index contributed by atoms with van der Waals surface area (Å²) < 4.78 is 0. The van der Waals surface area contributed by atoms with Gasteiger partial charge in [0.1, 0.15) is 28.6 Å². The molecule has 1 saturated carbocycles. The van der Waals surface area contributed by atoms with Crippen LogP contribution in [0.3, 0.4) is 0 Å². The molecule has 4 atom stereocenters. The number of rotatable bonds is 7. The summed E-state index contributed by atoms with van der Waals surface area (Å²) in [6, 6.07) is 9.82. The van der Waals surface area contributed by atoms with Crippen LogP contribution in [0.5, 0.6) is 5.75 Å². The van der Waals surface area contributed by atoms with Crippen LogP contribution in [0.15, 0.2) is 53.3 Å². The number of nitrogens with zero attached hydrogens (tertiary/aromatic N) is 1. The average Bonchev–Trinajstić information content (AvgIpc) is 2.94. The highest BCUT2D eigenvalue weighted by Gasteiger charge is 2.64. The fraction of sp³-hybridized carbons (Fsp3) is 0.355. The van der Waals surface area contributed by atoms with Crippen molar-refractivity contribution >= 4 is 40.6 Å². The molecule has 0 bridgehead atoms. The number of halogens is 1. The molecule has 5 rings (SSSR count). The number of carbonyl (C=O) groups excluding carboxylic acids is 4. The van der Waals surface area contributed by atoms with Gasteiger partial charge in [-0.25, -0.2) is 0 Å². The van der Waals surface area contributed by atoms with Crippen molar-refractivity contribution < 1.29 is 39.6 Å². The van der Waals surface area contributed by atoms with Crippen LogP contribution in [-0.4, -0.2) is 80.2 Å². The molecule has 0 aliphatic heterocycles. The summed E-state index contributed by atoms with van der Waals surface area (Å²) in [4.78, 5) is 53.0. The van der Waals surface area contributed by atoms with Crippen LogP contribution in [0, 0.1) is 11.8 Å². The zero-order valence-electron chi connectivity index (χ0n) is 23.1. The normalized spacial score (nSPS) is 25.3. The van der Waals surface area contributed by atoms with Gasteiger partial charge in [0.15, 0.2) is 11.4 Å². The number of hydrogen-bond acceptors (Lipinski definition) is 9. The molecule has 3 aliphatic rings. The first kappa shape index (κ1) is 29.5. The van der Waals surface area contributed by atoms with Crippen LogP contribution in [0.25, 0.3) is 16.9 Å². The number of nitrogens with two attached hydrogens (primary N) is 1. The number of aliphatic hydroxyl groups excluding tert-OH is 2. The maximum Gasteiger partial charge on any atom is 0.255 e. The number of benzene rings is 2. The van der Waals surface area contributed by atoms with Crippen molar-refractivity contribution in [1.82, 2.24) is 4.90 Å². The van der Waals surface area contributed by atoms with E-state index in [9.17, 15) is 39.6 Å². The van der Waals surface area contributed by atoms with Gasteiger partial charge in [0, 0.05) is 17.9 Å². The van der Waals surface area contributed by atoms with Gasteiger partial charge in [-0.2, -0.15) is 0 Å². The third-order valence-corrected chi connectivity index (χ3v) is 9.00. The van der Waals surface area contributed by atoms with Crippen molar-refractivity contribution in [1.29, 1.82) is 0 Å². The largest absolute Gasteiger partial charge is 0.508 e. The first-order chi connectivity index (χ1) is 19.8. The molecule has 0 saturated heterocycles. The standard InChI is InChI=1S/C31H31ClN2O8/c1-34(2)24-20-12-16-11-19-18(14-6-4-3-5-7-14)10-15(8-9-17(35)13-32)25(36)22(19)26(37)21(16)28(39)31(20,42)29(40)23(27(24)38)30(33)41/h3-7,10,16,20,24,36-37,40,42H,8-9,11-13H2,1-2H3,(H2,33,41)/t16-,20+,24+,31+/m1/s1. The Kier molecular flexibility index (Phi) is 7.51. The second-order valence-electron chi connectivity index (χ2n) is 11.3. The molecule has 11 heteroatoms. The van der Waals surface area contributed by atoms with E-state index in [1.807, 2.05) is 30.3 Å². The van der Waals surface area contributed by atoms with Gasteiger partial charge in [0.05, 0.1) is 17.5 Å². The van der Waals surface area contributed by atoms with Crippen LogP contribution in [0.1, 0.15) is 29.5 Å². The number of hydrogen-bond donors (Lipinski definition) is 5.